The van der Waals surface area contributed by atoms with E-state index in [1.807, 2.05) is 24.3 Å². The van der Waals surface area contributed by atoms with Crippen molar-refractivity contribution in [3.8, 4) is 11.1 Å². The van der Waals surface area contributed by atoms with Crippen molar-refractivity contribution in [3.05, 3.63) is 78.8 Å². The molecule has 148 valence electrons. The average Bonchev–Trinajstić information content (AvgIpc) is 3.15. The first-order valence-electron chi connectivity index (χ1n) is 8.98. The first kappa shape index (κ1) is 18.0. The van der Waals surface area contributed by atoms with Gasteiger partial charge in [0.15, 0.2) is 5.65 Å². The fraction of sp³-hybridized carbons (Fsp3) is 0.0476. The Morgan fingerprint density at radius 3 is 2.50 bits per heavy atom. The van der Waals surface area contributed by atoms with Gasteiger partial charge in [-0.25, -0.2) is 0 Å². The number of hydrogen-bond donors (Lipinski definition) is 1. The molecule has 5 aromatic rings. The minimum Gasteiger partial charge on any atom is -0.322 e. The standard InChI is InChI=1S/C21H13F3N6/c22-21(23,24)16-6-4-13(5-7-16)15-10-19-28-29-20(30(19)26-12-15)27-18-3-1-2-14-11-25-9-8-17(14)18/h1-12H,(H,27,29). The summed E-state index contributed by atoms with van der Waals surface area (Å²) >= 11 is 0. The zero-order valence-electron chi connectivity index (χ0n) is 15.3. The van der Waals surface area contributed by atoms with Gasteiger partial charge in [-0.3, -0.25) is 4.98 Å². The van der Waals surface area contributed by atoms with Crippen LogP contribution in [-0.4, -0.2) is 24.8 Å². The molecule has 0 fully saturated rings. The molecule has 3 aromatic heterocycles. The van der Waals surface area contributed by atoms with Crippen LogP contribution in [-0.2, 0) is 6.18 Å². The second kappa shape index (κ2) is 6.80. The van der Waals surface area contributed by atoms with Crippen LogP contribution >= 0.6 is 0 Å². The molecule has 3 heterocycles. The normalized spacial score (nSPS) is 11.8. The van der Waals surface area contributed by atoms with E-state index in [-0.39, 0.29) is 0 Å². The van der Waals surface area contributed by atoms with Crippen LogP contribution in [0.2, 0.25) is 0 Å². The molecule has 0 amide bonds. The third-order valence-corrected chi connectivity index (χ3v) is 4.73. The summed E-state index contributed by atoms with van der Waals surface area (Å²) in [7, 11) is 0. The lowest BCUT2D eigenvalue weighted by molar-refractivity contribution is -0.137. The van der Waals surface area contributed by atoms with Gasteiger partial charge in [-0.1, -0.05) is 24.3 Å². The van der Waals surface area contributed by atoms with E-state index in [9.17, 15) is 13.2 Å². The Hall–Kier alpha value is -4.01. The number of nitrogens with one attached hydrogen (secondary N) is 1. The van der Waals surface area contributed by atoms with Crippen molar-refractivity contribution in [2.24, 2.45) is 0 Å². The summed E-state index contributed by atoms with van der Waals surface area (Å²) in [6, 6.07) is 14.3. The quantitative estimate of drug-likeness (QED) is 0.451. The molecular weight excluding hydrogens is 393 g/mol. The number of alkyl halides is 3. The van der Waals surface area contributed by atoms with Crippen LogP contribution in [0.15, 0.2) is 73.2 Å². The van der Waals surface area contributed by atoms with Crippen LogP contribution in [0.25, 0.3) is 27.5 Å². The number of pyridine rings is 1. The monoisotopic (exact) mass is 406 g/mol. The molecular formula is C21H13F3N6. The van der Waals surface area contributed by atoms with E-state index in [1.54, 1.807) is 24.7 Å². The third-order valence-electron chi connectivity index (χ3n) is 4.73. The van der Waals surface area contributed by atoms with Crippen LogP contribution in [0.3, 0.4) is 0 Å². The smallest absolute Gasteiger partial charge is 0.322 e. The summed E-state index contributed by atoms with van der Waals surface area (Å²) in [4.78, 5) is 4.12. The highest BCUT2D eigenvalue weighted by Crippen LogP contribution is 2.31. The van der Waals surface area contributed by atoms with Crippen LogP contribution < -0.4 is 5.32 Å². The van der Waals surface area contributed by atoms with Gasteiger partial charge in [-0.15, -0.1) is 10.2 Å². The molecule has 0 spiro atoms. The van der Waals surface area contributed by atoms with Gasteiger partial charge in [0, 0.05) is 34.4 Å². The number of fused-ring (bicyclic) bond motifs is 2. The first-order chi connectivity index (χ1) is 14.5. The maximum Gasteiger partial charge on any atom is 0.416 e. The molecule has 0 unspecified atom stereocenters. The summed E-state index contributed by atoms with van der Waals surface area (Å²) in [5.41, 5.74) is 1.86. The Morgan fingerprint density at radius 1 is 0.867 bits per heavy atom. The summed E-state index contributed by atoms with van der Waals surface area (Å²) in [6.45, 7) is 0. The second-order valence-electron chi connectivity index (χ2n) is 6.64. The van der Waals surface area contributed by atoms with Crippen molar-refractivity contribution < 1.29 is 13.2 Å². The van der Waals surface area contributed by atoms with E-state index in [0.717, 1.165) is 28.6 Å². The summed E-state index contributed by atoms with van der Waals surface area (Å²) < 4.78 is 39.8. The maximum absolute atomic E-state index is 12.8. The van der Waals surface area contributed by atoms with Crippen molar-refractivity contribution in [1.29, 1.82) is 0 Å². The fourth-order valence-electron chi connectivity index (χ4n) is 3.23. The summed E-state index contributed by atoms with van der Waals surface area (Å²) in [5, 5.41) is 17.8. The molecule has 2 aromatic carbocycles. The highest BCUT2D eigenvalue weighted by molar-refractivity contribution is 5.94. The van der Waals surface area contributed by atoms with Gasteiger partial charge in [0.25, 0.3) is 0 Å². The molecule has 0 bridgehead atoms. The molecule has 0 aliphatic carbocycles. The second-order valence-corrected chi connectivity index (χ2v) is 6.64. The largest absolute Gasteiger partial charge is 0.416 e. The molecule has 0 aliphatic rings. The van der Waals surface area contributed by atoms with E-state index in [0.29, 0.717) is 22.7 Å². The minimum atomic E-state index is -4.37. The lowest BCUT2D eigenvalue weighted by atomic mass is 10.1. The molecule has 6 nitrogen and oxygen atoms in total. The summed E-state index contributed by atoms with van der Waals surface area (Å²) in [5.74, 6) is 0.424. The lowest BCUT2D eigenvalue weighted by Gasteiger charge is -2.09. The molecule has 0 atom stereocenters. The molecule has 0 aliphatic heterocycles. The predicted octanol–water partition coefficient (Wildman–Crippen LogP) is 5.10. The van der Waals surface area contributed by atoms with Crippen molar-refractivity contribution in [2.75, 3.05) is 5.32 Å². The average molecular weight is 406 g/mol. The maximum atomic E-state index is 12.8. The molecule has 0 saturated heterocycles. The van der Waals surface area contributed by atoms with Gasteiger partial charge in [-0.2, -0.15) is 22.8 Å². The van der Waals surface area contributed by atoms with Crippen molar-refractivity contribution in [1.82, 2.24) is 24.8 Å². The molecule has 0 radical (unpaired) electrons. The van der Waals surface area contributed by atoms with E-state index in [4.69, 9.17) is 0 Å². The van der Waals surface area contributed by atoms with E-state index in [2.05, 4.69) is 25.6 Å². The zero-order valence-corrected chi connectivity index (χ0v) is 15.3. The van der Waals surface area contributed by atoms with Crippen molar-refractivity contribution >= 4 is 28.1 Å². The SMILES string of the molecule is FC(F)(F)c1ccc(-c2cnn3c(Nc4cccc5cnccc45)nnc3c2)cc1. The van der Waals surface area contributed by atoms with Gasteiger partial charge in [0.2, 0.25) is 5.95 Å². The van der Waals surface area contributed by atoms with Crippen molar-refractivity contribution in [2.45, 2.75) is 6.18 Å². The Bertz CT molecular complexity index is 1350. The van der Waals surface area contributed by atoms with Crippen LogP contribution in [0.4, 0.5) is 24.8 Å². The van der Waals surface area contributed by atoms with E-state index < -0.39 is 11.7 Å². The molecule has 30 heavy (non-hydrogen) atoms. The minimum absolute atomic E-state index is 0.424. The first-order valence-corrected chi connectivity index (χ1v) is 8.98. The number of hydrogen-bond acceptors (Lipinski definition) is 5. The topological polar surface area (TPSA) is 68.0 Å². The molecule has 1 N–H and O–H groups in total. The number of benzene rings is 2. The van der Waals surface area contributed by atoms with Gasteiger partial charge >= 0.3 is 6.18 Å². The van der Waals surface area contributed by atoms with Crippen LogP contribution in [0.5, 0.6) is 0 Å². The number of aromatic nitrogens is 5. The third kappa shape index (κ3) is 3.20. The zero-order chi connectivity index (χ0) is 20.7. The molecule has 9 heteroatoms. The predicted molar refractivity (Wildman–Crippen MR) is 106 cm³/mol. The van der Waals surface area contributed by atoms with Gasteiger partial charge in [0.05, 0.1) is 11.8 Å². The molecule has 0 saturated carbocycles. The fourth-order valence-corrected chi connectivity index (χ4v) is 3.23. The van der Waals surface area contributed by atoms with E-state index in [1.165, 1.54) is 16.6 Å². The number of nitrogens with zero attached hydrogens (tertiary/aromatic N) is 5. The number of anilines is 2. The van der Waals surface area contributed by atoms with Crippen molar-refractivity contribution in [3.63, 3.8) is 0 Å². The van der Waals surface area contributed by atoms with Gasteiger partial charge < -0.3 is 5.32 Å². The Morgan fingerprint density at radius 2 is 1.70 bits per heavy atom. The highest BCUT2D eigenvalue weighted by atomic mass is 19.4. The highest BCUT2D eigenvalue weighted by Gasteiger charge is 2.30. The molecule has 5 rings (SSSR count). The lowest BCUT2D eigenvalue weighted by Crippen LogP contribution is -2.04. The Kier molecular flexibility index (Phi) is 4.09. The number of rotatable bonds is 3. The van der Waals surface area contributed by atoms with Crippen LogP contribution in [0.1, 0.15) is 5.56 Å². The summed E-state index contributed by atoms with van der Waals surface area (Å²) in [6.07, 6.45) is 0.685. The van der Waals surface area contributed by atoms with Crippen LogP contribution in [0, 0.1) is 0 Å². The Labute approximate surface area is 168 Å². The van der Waals surface area contributed by atoms with Gasteiger partial charge in [-0.05, 0) is 35.9 Å². The van der Waals surface area contributed by atoms with Gasteiger partial charge in [0.1, 0.15) is 0 Å². The van der Waals surface area contributed by atoms with E-state index >= 15 is 0 Å². The Balaban J connectivity index is 1.48. The number of halogens is 3.